The number of guanidine groups is 1. The third-order valence-corrected chi connectivity index (χ3v) is 5.87. The molecule has 0 bridgehead atoms. The molecule has 2 N–H and O–H groups in total. The molecule has 2 aromatic rings. The van der Waals surface area contributed by atoms with E-state index in [-0.39, 0.29) is 23.8 Å². The SMILES string of the molecule is CN=C(NC1CCN(c2cc(OC)cc(OC)c2)C1)NC1CC1c1ccccc1F. The molecule has 7 heteroatoms. The summed E-state index contributed by atoms with van der Waals surface area (Å²) in [5.41, 5.74) is 1.87. The molecule has 0 aromatic heterocycles. The fourth-order valence-electron chi connectivity index (χ4n) is 4.10. The van der Waals surface area contributed by atoms with Crippen molar-refractivity contribution in [3.05, 3.63) is 53.8 Å². The molecule has 0 spiro atoms. The van der Waals surface area contributed by atoms with Gasteiger partial charge in [-0.2, -0.15) is 0 Å². The maximum absolute atomic E-state index is 14.0. The Balaban J connectivity index is 1.33. The Morgan fingerprint density at radius 2 is 1.83 bits per heavy atom. The summed E-state index contributed by atoms with van der Waals surface area (Å²) in [4.78, 5) is 6.69. The van der Waals surface area contributed by atoms with Gasteiger partial charge < -0.3 is 25.0 Å². The van der Waals surface area contributed by atoms with Gasteiger partial charge in [0.1, 0.15) is 17.3 Å². The minimum absolute atomic E-state index is 0.130. The summed E-state index contributed by atoms with van der Waals surface area (Å²) in [7, 11) is 5.10. The van der Waals surface area contributed by atoms with Gasteiger partial charge in [0.2, 0.25) is 0 Å². The first-order valence-corrected chi connectivity index (χ1v) is 10.3. The predicted molar refractivity (Wildman–Crippen MR) is 117 cm³/mol. The third-order valence-electron chi connectivity index (χ3n) is 5.87. The summed E-state index contributed by atoms with van der Waals surface area (Å²) in [6, 6.07) is 13.4. The van der Waals surface area contributed by atoms with Crippen molar-refractivity contribution >= 4 is 11.6 Å². The summed E-state index contributed by atoms with van der Waals surface area (Å²) in [5, 5.41) is 6.97. The van der Waals surface area contributed by atoms with E-state index >= 15 is 0 Å². The number of hydrogen-bond acceptors (Lipinski definition) is 4. The van der Waals surface area contributed by atoms with Crippen molar-refractivity contribution in [1.29, 1.82) is 0 Å². The van der Waals surface area contributed by atoms with Crippen molar-refractivity contribution in [2.24, 2.45) is 4.99 Å². The van der Waals surface area contributed by atoms with Crippen molar-refractivity contribution in [1.82, 2.24) is 10.6 Å². The number of ether oxygens (including phenoxy) is 2. The van der Waals surface area contributed by atoms with E-state index in [4.69, 9.17) is 9.47 Å². The Kier molecular flexibility index (Phi) is 5.97. The Hall–Kier alpha value is -2.96. The van der Waals surface area contributed by atoms with Gasteiger partial charge in [0.15, 0.2) is 5.96 Å². The molecule has 2 aliphatic rings. The lowest BCUT2D eigenvalue weighted by Gasteiger charge is -2.21. The third kappa shape index (κ3) is 4.45. The van der Waals surface area contributed by atoms with Gasteiger partial charge in [-0.3, -0.25) is 4.99 Å². The zero-order valence-electron chi connectivity index (χ0n) is 17.7. The van der Waals surface area contributed by atoms with Crippen LogP contribution in [0.25, 0.3) is 0 Å². The van der Waals surface area contributed by atoms with E-state index in [2.05, 4.69) is 20.5 Å². The van der Waals surface area contributed by atoms with Crippen molar-refractivity contribution in [2.75, 3.05) is 39.3 Å². The maximum atomic E-state index is 14.0. The first kappa shape index (κ1) is 20.3. The number of rotatable bonds is 6. The standard InChI is InChI=1S/C23H29FN4O2/c1-25-23(27-22-13-20(22)19-6-4-5-7-21(19)24)26-15-8-9-28(14-15)16-10-17(29-2)12-18(11-16)30-3/h4-7,10-12,15,20,22H,8-9,13-14H2,1-3H3,(H2,25,26,27). The van der Waals surface area contributed by atoms with Gasteiger partial charge in [-0.1, -0.05) is 18.2 Å². The largest absolute Gasteiger partial charge is 0.497 e. The summed E-state index contributed by atoms with van der Waals surface area (Å²) in [6.07, 6.45) is 1.92. The molecule has 1 saturated heterocycles. The molecule has 1 aliphatic heterocycles. The van der Waals surface area contributed by atoms with Crippen LogP contribution in [0.5, 0.6) is 11.5 Å². The minimum Gasteiger partial charge on any atom is -0.497 e. The highest BCUT2D eigenvalue weighted by atomic mass is 19.1. The van der Waals surface area contributed by atoms with E-state index in [9.17, 15) is 4.39 Å². The highest BCUT2D eigenvalue weighted by Gasteiger charge is 2.40. The number of nitrogens with one attached hydrogen (secondary N) is 2. The molecule has 0 radical (unpaired) electrons. The summed E-state index contributed by atoms with van der Waals surface area (Å²) in [5.74, 6) is 2.41. The fourth-order valence-corrected chi connectivity index (χ4v) is 4.10. The van der Waals surface area contributed by atoms with Crippen molar-refractivity contribution in [3.8, 4) is 11.5 Å². The van der Waals surface area contributed by atoms with Crippen molar-refractivity contribution < 1.29 is 13.9 Å². The van der Waals surface area contributed by atoms with Crippen LogP contribution in [0.2, 0.25) is 0 Å². The average Bonchev–Trinajstić information content (AvgIpc) is 3.37. The van der Waals surface area contributed by atoms with E-state index in [1.807, 2.05) is 30.3 Å². The van der Waals surface area contributed by atoms with Gasteiger partial charge >= 0.3 is 0 Å². The van der Waals surface area contributed by atoms with Crippen LogP contribution < -0.4 is 25.0 Å². The fraction of sp³-hybridized carbons (Fsp3) is 0.435. The van der Waals surface area contributed by atoms with Crippen LogP contribution in [0.3, 0.4) is 0 Å². The molecular formula is C23H29FN4O2. The van der Waals surface area contributed by atoms with E-state index in [1.165, 1.54) is 6.07 Å². The number of nitrogens with zero attached hydrogens (tertiary/aromatic N) is 2. The Bertz CT molecular complexity index is 898. The molecule has 4 rings (SSSR count). The summed E-state index contributed by atoms with van der Waals surface area (Å²) >= 11 is 0. The van der Waals surface area contributed by atoms with Crippen LogP contribution in [0.15, 0.2) is 47.5 Å². The van der Waals surface area contributed by atoms with Gasteiger partial charge in [0.05, 0.1) is 14.2 Å². The van der Waals surface area contributed by atoms with Crippen LogP contribution >= 0.6 is 0 Å². The monoisotopic (exact) mass is 412 g/mol. The number of aliphatic imine (C=N–C) groups is 1. The predicted octanol–water partition coefficient (Wildman–Crippen LogP) is 3.14. The Morgan fingerprint density at radius 3 is 2.50 bits per heavy atom. The van der Waals surface area contributed by atoms with Crippen LogP contribution in [-0.2, 0) is 0 Å². The van der Waals surface area contributed by atoms with Crippen LogP contribution in [0.1, 0.15) is 24.3 Å². The summed E-state index contributed by atoms with van der Waals surface area (Å²) in [6.45, 7) is 1.80. The Labute approximate surface area is 177 Å². The number of hydrogen-bond donors (Lipinski definition) is 2. The van der Waals surface area contributed by atoms with E-state index in [0.717, 1.165) is 54.6 Å². The van der Waals surface area contributed by atoms with Gasteiger partial charge in [-0.25, -0.2) is 4.39 Å². The molecule has 3 unspecified atom stereocenters. The lowest BCUT2D eigenvalue weighted by molar-refractivity contribution is 0.394. The molecule has 1 saturated carbocycles. The van der Waals surface area contributed by atoms with E-state index in [1.54, 1.807) is 27.3 Å². The van der Waals surface area contributed by atoms with Crippen LogP contribution in [0.4, 0.5) is 10.1 Å². The zero-order chi connectivity index (χ0) is 21.1. The summed E-state index contributed by atoms with van der Waals surface area (Å²) < 4.78 is 24.8. The highest BCUT2D eigenvalue weighted by Crippen LogP contribution is 2.41. The molecule has 30 heavy (non-hydrogen) atoms. The lowest BCUT2D eigenvalue weighted by Crippen LogP contribution is -2.45. The smallest absolute Gasteiger partial charge is 0.191 e. The molecule has 6 nitrogen and oxygen atoms in total. The second-order valence-electron chi connectivity index (χ2n) is 7.83. The van der Waals surface area contributed by atoms with Gasteiger partial charge in [0, 0.05) is 62.0 Å². The van der Waals surface area contributed by atoms with Crippen LogP contribution in [-0.4, -0.2) is 52.4 Å². The topological polar surface area (TPSA) is 58.1 Å². The molecular weight excluding hydrogens is 383 g/mol. The number of anilines is 1. The number of methoxy groups -OCH3 is 2. The molecule has 3 atom stereocenters. The maximum Gasteiger partial charge on any atom is 0.191 e. The normalized spacial score (nSPS) is 23.3. The second kappa shape index (κ2) is 8.81. The Morgan fingerprint density at radius 1 is 1.10 bits per heavy atom. The quantitative estimate of drug-likeness (QED) is 0.564. The highest BCUT2D eigenvalue weighted by molar-refractivity contribution is 5.81. The number of benzene rings is 2. The zero-order valence-corrected chi connectivity index (χ0v) is 17.7. The molecule has 2 fully saturated rings. The first-order chi connectivity index (χ1) is 14.6. The van der Waals surface area contributed by atoms with E-state index in [0.29, 0.717) is 0 Å². The van der Waals surface area contributed by atoms with Gasteiger partial charge in [-0.15, -0.1) is 0 Å². The van der Waals surface area contributed by atoms with Gasteiger partial charge in [0.25, 0.3) is 0 Å². The van der Waals surface area contributed by atoms with E-state index < -0.39 is 0 Å². The first-order valence-electron chi connectivity index (χ1n) is 10.3. The van der Waals surface area contributed by atoms with Crippen LogP contribution in [0, 0.1) is 5.82 Å². The molecule has 0 amide bonds. The molecule has 1 aliphatic carbocycles. The van der Waals surface area contributed by atoms with Crippen molar-refractivity contribution in [3.63, 3.8) is 0 Å². The molecule has 1 heterocycles. The average molecular weight is 413 g/mol. The molecule has 2 aromatic carbocycles. The second-order valence-corrected chi connectivity index (χ2v) is 7.83. The minimum atomic E-state index is -0.130. The lowest BCUT2D eigenvalue weighted by atomic mass is 10.1. The number of halogens is 1. The van der Waals surface area contributed by atoms with Crippen molar-refractivity contribution in [2.45, 2.75) is 30.8 Å². The van der Waals surface area contributed by atoms with Gasteiger partial charge in [-0.05, 0) is 24.5 Å². The molecule has 160 valence electrons.